The number of halogens is 1. The number of carboxylic acid groups (broad SMARTS) is 1. The molecule has 108 valence electrons. The van der Waals surface area contributed by atoms with E-state index in [4.69, 9.17) is 11.6 Å². The molecule has 0 spiro atoms. The SMILES string of the molecule is O=C(NC1(C(=O)O)CCCCC1)c1ccc(CCl)cc1. The molecule has 4 nitrogen and oxygen atoms in total. The van der Waals surface area contributed by atoms with E-state index in [1.807, 2.05) is 0 Å². The van der Waals surface area contributed by atoms with Crippen molar-refractivity contribution in [3.8, 4) is 0 Å². The number of hydrogen-bond donors (Lipinski definition) is 2. The quantitative estimate of drug-likeness (QED) is 0.839. The highest BCUT2D eigenvalue weighted by Gasteiger charge is 2.41. The van der Waals surface area contributed by atoms with E-state index in [2.05, 4.69) is 5.32 Å². The molecule has 0 atom stereocenters. The average molecular weight is 296 g/mol. The molecule has 2 rings (SSSR count). The maximum absolute atomic E-state index is 12.2. The smallest absolute Gasteiger partial charge is 0.329 e. The predicted molar refractivity (Wildman–Crippen MR) is 76.9 cm³/mol. The van der Waals surface area contributed by atoms with Gasteiger partial charge in [-0.3, -0.25) is 4.79 Å². The molecule has 0 bridgehead atoms. The van der Waals surface area contributed by atoms with Crippen molar-refractivity contribution in [1.82, 2.24) is 5.32 Å². The third-order valence-corrected chi connectivity index (χ3v) is 4.15. The fourth-order valence-corrected chi connectivity index (χ4v) is 2.76. The Hall–Kier alpha value is -1.55. The fraction of sp³-hybridized carbons (Fsp3) is 0.467. The Labute approximate surface area is 123 Å². The van der Waals surface area contributed by atoms with Gasteiger partial charge in [-0.05, 0) is 30.5 Å². The van der Waals surface area contributed by atoms with Gasteiger partial charge in [0.15, 0.2) is 0 Å². The first-order valence-corrected chi connectivity index (χ1v) is 7.32. The Bertz CT molecular complexity index is 492. The topological polar surface area (TPSA) is 66.4 Å². The number of carboxylic acids is 1. The number of benzene rings is 1. The lowest BCUT2D eigenvalue weighted by molar-refractivity contribution is -0.145. The van der Waals surface area contributed by atoms with Crippen LogP contribution in [0.25, 0.3) is 0 Å². The van der Waals surface area contributed by atoms with E-state index in [0.717, 1.165) is 24.8 Å². The van der Waals surface area contributed by atoms with E-state index >= 15 is 0 Å². The van der Waals surface area contributed by atoms with Crippen molar-refractivity contribution in [1.29, 1.82) is 0 Å². The van der Waals surface area contributed by atoms with Crippen molar-refractivity contribution in [2.45, 2.75) is 43.5 Å². The number of aliphatic carboxylic acids is 1. The third-order valence-electron chi connectivity index (χ3n) is 3.84. The van der Waals surface area contributed by atoms with Gasteiger partial charge in [-0.2, -0.15) is 0 Å². The second-order valence-corrected chi connectivity index (χ2v) is 5.50. The standard InChI is InChI=1S/C15H18ClNO3/c16-10-11-4-6-12(7-5-11)13(18)17-15(14(19)20)8-2-1-3-9-15/h4-7H,1-3,8-10H2,(H,17,18)(H,19,20). The molecule has 5 heteroatoms. The normalized spacial score (nSPS) is 17.4. The second kappa shape index (κ2) is 6.27. The molecule has 0 unspecified atom stereocenters. The van der Waals surface area contributed by atoms with Crippen LogP contribution in [0.15, 0.2) is 24.3 Å². The van der Waals surface area contributed by atoms with E-state index in [1.165, 1.54) is 0 Å². The van der Waals surface area contributed by atoms with Gasteiger partial charge in [0.25, 0.3) is 5.91 Å². The molecule has 2 N–H and O–H groups in total. The molecule has 0 radical (unpaired) electrons. The van der Waals surface area contributed by atoms with Gasteiger partial charge in [0, 0.05) is 11.4 Å². The zero-order chi connectivity index (χ0) is 14.6. The molecule has 1 aromatic carbocycles. The van der Waals surface area contributed by atoms with Crippen LogP contribution in [0.1, 0.15) is 48.0 Å². The minimum atomic E-state index is -1.11. The summed E-state index contributed by atoms with van der Waals surface area (Å²) in [4.78, 5) is 23.7. The molecule has 0 aliphatic heterocycles. The molecule has 1 aliphatic carbocycles. The van der Waals surface area contributed by atoms with Gasteiger partial charge >= 0.3 is 5.97 Å². The van der Waals surface area contributed by atoms with Crippen LogP contribution in [0.3, 0.4) is 0 Å². The van der Waals surface area contributed by atoms with Crippen LogP contribution in [0.4, 0.5) is 0 Å². The van der Waals surface area contributed by atoms with Crippen molar-refractivity contribution < 1.29 is 14.7 Å². The monoisotopic (exact) mass is 295 g/mol. The number of nitrogens with one attached hydrogen (secondary N) is 1. The molecule has 1 fully saturated rings. The molecular weight excluding hydrogens is 278 g/mol. The minimum Gasteiger partial charge on any atom is -0.480 e. The predicted octanol–water partition coefficient (Wildman–Crippen LogP) is 2.94. The summed E-state index contributed by atoms with van der Waals surface area (Å²) in [5, 5.41) is 12.1. The lowest BCUT2D eigenvalue weighted by atomic mass is 9.81. The van der Waals surface area contributed by atoms with Crippen molar-refractivity contribution in [3.63, 3.8) is 0 Å². The first-order valence-electron chi connectivity index (χ1n) is 6.78. The maximum Gasteiger partial charge on any atom is 0.329 e. The van der Waals surface area contributed by atoms with Crippen LogP contribution in [0.2, 0.25) is 0 Å². The number of amides is 1. The van der Waals surface area contributed by atoms with E-state index in [1.54, 1.807) is 24.3 Å². The lowest BCUT2D eigenvalue weighted by Gasteiger charge is -2.34. The van der Waals surface area contributed by atoms with Crippen LogP contribution >= 0.6 is 11.6 Å². The highest BCUT2D eigenvalue weighted by atomic mass is 35.5. The van der Waals surface area contributed by atoms with E-state index in [9.17, 15) is 14.7 Å². The number of rotatable bonds is 4. The summed E-state index contributed by atoms with van der Waals surface area (Å²) in [6.45, 7) is 0. The average Bonchev–Trinajstić information content (AvgIpc) is 2.48. The summed E-state index contributed by atoms with van der Waals surface area (Å²) < 4.78 is 0. The molecule has 1 amide bonds. The van der Waals surface area contributed by atoms with Gasteiger partial charge < -0.3 is 10.4 Å². The van der Waals surface area contributed by atoms with Gasteiger partial charge in [-0.25, -0.2) is 4.79 Å². The third kappa shape index (κ3) is 3.12. The summed E-state index contributed by atoms with van der Waals surface area (Å²) in [6.07, 6.45) is 3.67. The summed E-state index contributed by atoms with van der Waals surface area (Å²) in [6, 6.07) is 6.89. The Morgan fingerprint density at radius 1 is 1.15 bits per heavy atom. The first kappa shape index (κ1) is 14.9. The minimum absolute atomic E-state index is 0.338. The largest absolute Gasteiger partial charge is 0.480 e. The van der Waals surface area contributed by atoms with Gasteiger partial charge in [0.1, 0.15) is 5.54 Å². The molecular formula is C15H18ClNO3. The van der Waals surface area contributed by atoms with Gasteiger partial charge in [-0.15, -0.1) is 11.6 Å². The van der Waals surface area contributed by atoms with Gasteiger partial charge in [0.05, 0.1) is 0 Å². The Balaban J connectivity index is 2.13. The summed E-state index contributed by atoms with van der Waals surface area (Å²) in [5.74, 6) is -0.889. The number of hydrogen-bond acceptors (Lipinski definition) is 2. The van der Waals surface area contributed by atoms with Crippen LogP contribution in [-0.4, -0.2) is 22.5 Å². The molecule has 0 saturated heterocycles. The molecule has 1 saturated carbocycles. The number of alkyl halides is 1. The molecule has 0 heterocycles. The number of carbonyl (C=O) groups excluding carboxylic acids is 1. The van der Waals surface area contributed by atoms with E-state index in [0.29, 0.717) is 24.3 Å². The van der Waals surface area contributed by atoms with E-state index in [-0.39, 0.29) is 5.91 Å². The summed E-state index contributed by atoms with van der Waals surface area (Å²) >= 11 is 5.70. The Morgan fingerprint density at radius 2 is 1.75 bits per heavy atom. The van der Waals surface area contributed by atoms with Crippen LogP contribution in [0, 0.1) is 0 Å². The lowest BCUT2D eigenvalue weighted by Crippen LogP contribution is -2.55. The Kier molecular flexibility index (Phi) is 4.65. The van der Waals surface area contributed by atoms with Crippen molar-refractivity contribution in [3.05, 3.63) is 35.4 Å². The van der Waals surface area contributed by atoms with Crippen LogP contribution in [0.5, 0.6) is 0 Å². The molecule has 1 aromatic rings. The highest BCUT2D eigenvalue weighted by Crippen LogP contribution is 2.28. The summed E-state index contributed by atoms with van der Waals surface area (Å²) in [7, 11) is 0. The van der Waals surface area contributed by atoms with Crippen molar-refractivity contribution >= 4 is 23.5 Å². The van der Waals surface area contributed by atoms with Crippen LogP contribution < -0.4 is 5.32 Å². The molecule has 0 aromatic heterocycles. The van der Waals surface area contributed by atoms with Gasteiger partial charge in [-0.1, -0.05) is 31.4 Å². The maximum atomic E-state index is 12.2. The fourth-order valence-electron chi connectivity index (χ4n) is 2.58. The van der Waals surface area contributed by atoms with Gasteiger partial charge in [0.2, 0.25) is 0 Å². The molecule has 20 heavy (non-hydrogen) atoms. The Morgan fingerprint density at radius 3 is 2.25 bits per heavy atom. The van der Waals surface area contributed by atoms with E-state index < -0.39 is 11.5 Å². The molecule has 1 aliphatic rings. The zero-order valence-corrected chi connectivity index (χ0v) is 11.9. The highest BCUT2D eigenvalue weighted by molar-refractivity contribution is 6.17. The second-order valence-electron chi connectivity index (χ2n) is 5.23. The van der Waals surface area contributed by atoms with Crippen molar-refractivity contribution in [2.24, 2.45) is 0 Å². The summed E-state index contributed by atoms with van der Waals surface area (Å²) in [5.41, 5.74) is 0.277. The number of carbonyl (C=O) groups is 2. The first-order chi connectivity index (χ1) is 9.57. The zero-order valence-electron chi connectivity index (χ0n) is 11.2. The van der Waals surface area contributed by atoms with Crippen molar-refractivity contribution in [2.75, 3.05) is 0 Å². The van der Waals surface area contributed by atoms with Crippen LogP contribution in [-0.2, 0) is 10.7 Å².